The van der Waals surface area contributed by atoms with Crippen LogP contribution in [-0.4, -0.2) is 44.2 Å². The summed E-state index contributed by atoms with van der Waals surface area (Å²) in [7, 11) is 0. The first-order chi connectivity index (χ1) is 5.78. The highest BCUT2D eigenvalue weighted by molar-refractivity contribution is 4.48. The Morgan fingerprint density at radius 1 is 0.917 bits per heavy atom. The highest BCUT2D eigenvalue weighted by Crippen LogP contribution is 1.82. The van der Waals surface area contributed by atoms with E-state index >= 15 is 0 Å². The van der Waals surface area contributed by atoms with Crippen LogP contribution in [0.25, 0.3) is 0 Å². The zero-order valence-corrected chi connectivity index (χ0v) is 9.19. The lowest BCUT2D eigenvalue weighted by Crippen LogP contribution is -3.12. The second-order valence-corrected chi connectivity index (χ2v) is 3.23. The summed E-state index contributed by atoms with van der Waals surface area (Å²) in [6.07, 6.45) is 0. The Bertz CT molecular complexity index is 73.8. The fourth-order valence-electron chi connectivity index (χ4n) is 1.46. The van der Waals surface area contributed by atoms with Crippen LogP contribution in [0.3, 0.4) is 0 Å². The lowest BCUT2D eigenvalue weighted by atomic mass is 10.4. The van der Waals surface area contributed by atoms with Gasteiger partial charge in [0, 0.05) is 6.54 Å². The lowest BCUT2D eigenvalue weighted by molar-refractivity contribution is -0.895. The van der Waals surface area contributed by atoms with E-state index in [0.717, 1.165) is 0 Å². The van der Waals surface area contributed by atoms with E-state index in [1.807, 2.05) is 0 Å². The van der Waals surface area contributed by atoms with Crippen LogP contribution in [0.2, 0.25) is 0 Å². The zero-order chi connectivity index (χ0) is 9.40. The van der Waals surface area contributed by atoms with E-state index in [2.05, 4.69) is 32.6 Å². The SMILES string of the molecule is CCN(CC)CC[NH+](CC)CC. The van der Waals surface area contributed by atoms with E-state index in [1.54, 1.807) is 4.90 Å². The summed E-state index contributed by atoms with van der Waals surface area (Å²) in [5, 5.41) is 0. The van der Waals surface area contributed by atoms with Gasteiger partial charge in [0.1, 0.15) is 0 Å². The van der Waals surface area contributed by atoms with Gasteiger partial charge in [-0.3, -0.25) is 4.90 Å². The van der Waals surface area contributed by atoms with Crippen molar-refractivity contribution < 1.29 is 4.90 Å². The van der Waals surface area contributed by atoms with Gasteiger partial charge in [-0.1, -0.05) is 13.8 Å². The molecule has 0 aromatic rings. The van der Waals surface area contributed by atoms with E-state index in [4.69, 9.17) is 0 Å². The van der Waals surface area contributed by atoms with Crippen molar-refractivity contribution in [2.75, 3.05) is 39.3 Å². The van der Waals surface area contributed by atoms with Gasteiger partial charge < -0.3 is 4.90 Å². The quantitative estimate of drug-likeness (QED) is 0.580. The van der Waals surface area contributed by atoms with Gasteiger partial charge in [0.2, 0.25) is 0 Å². The summed E-state index contributed by atoms with van der Waals surface area (Å²) in [5.74, 6) is 0. The van der Waals surface area contributed by atoms with Crippen LogP contribution >= 0.6 is 0 Å². The fourth-order valence-corrected chi connectivity index (χ4v) is 1.46. The maximum Gasteiger partial charge on any atom is 0.0900 e. The number of rotatable bonds is 7. The Labute approximate surface area is 77.5 Å². The van der Waals surface area contributed by atoms with Crippen molar-refractivity contribution in [1.82, 2.24) is 4.90 Å². The fraction of sp³-hybridized carbons (Fsp3) is 1.00. The number of nitrogens with zero attached hydrogens (tertiary/aromatic N) is 1. The van der Waals surface area contributed by atoms with Crippen molar-refractivity contribution in [2.24, 2.45) is 0 Å². The molecule has 0 fully saturated rings. The van der Waals surface area contributed by atoms with Crippen LogP contribution in [0, 0.1) is 0 Å². The highest BCUT2D eigenvalue weighted by Gasteiger charge is 2.04. The number of hydrogen-bond donors (Lipinski definition) is 1. The molecule has 1 N–H and O–H groups in total. The molecule has 0 rings (SSSR count). The van der Waals surface area contributed by atoms with Gasteiger partial charge in [-0.2, -0.15) is 0 Å². The molecule has 0 aliphatic carbocycles. The number of hydrogen-bond acceptors (Lipinski definition) is 1. The van der Waals surface area contributed by atoms with Crippen molar-refractivity contribution in [3.63, 3.8) is 0 Å². The van der Waals surface area contributed by atoms with Gasteiger partial charge in [-0.25, -0.2) is 0 Å². The van der Waals surface area contributed by atoms with Crippen LogP contribution in [0.4, 0.5) is 0 Å². The molecule has 0 radical (unpaired) electrons. The summed E-state index contributed by atoms with van der Waals surface area (Å²) in [6.45, 7) is 16.5. The van der Waals surface area contributed by atoms with E-state index in [1.165, 1.54) is 39.3 Å². The molecule has 2 heteroatoms. The van der Waals surface area contributed by atoms with Crippen LogP contribution < -0.4 is 4.90 Å². The molecule has 0 bridgehead atoms. The summed E-state index contributed by atoms with van der Waals surface area (Å²) in [5.41, 5.74) is 0. The van der Waals surface area contributed by atoms with Gasteiger partial charge in [-0.15, -0.1) is 0 Å². The molecule has 0 saturated carbocycles. The van der Waals surface area contributed by atoms with Crippen LogP contribution in [0.5, 0.6) is 0 Å². The van der Waals surface area contributed by atoms with Crippen LogP contribution in [-0.2, 0) is 0 Å². The van der Waals surface area contributed by atoms with Crippen molar-refractivity contribution in [2.45, 2.75) is 27.7 Å². The molecular weight excluding hydrogens is 148 g/mol. The number of likely N-dealkylation sites (N-methyl/N-ethyl adjacent to an activating group) is 2. The molecule has 12 heavy (non-hydrogen) atoms. The Kier molecular flexibility index (Phi) is 7.51. The predicted molar refractivity (Wildman–Crippen MR) is 54.7 cm³/mol. The first-order valence-corrected chi connectivity index (χ1v) is 5.34. The maximum absolute atomic E-state index is 2.49. The molecule has 0 atom stereocenters. The summed E-state index contributed by atoms with van der Waals surface area (Å²) >= 11 is 0. The predicted octanol–water partition coefficient (Wildman–Crippen LogP) is 0.253. The molecule has 0 aromatic carbocycles. The molecule has 0 saturated heterocycles. The standard InChI is InChI=1S/C10H24N2/c1-5-11(6-2)9-10-12(7-3)8-4/h5-10H2,1-4H3/p+1. The Morgan fingerprint density at radius 2 is 1.42 bits per heavy atom. The summed E-state index contributed by atoms with van der Waals surface area (Å²) in [4.78, 5) is 4.20. The highest BCUT2D eigenvalue weighted by atomic mass is 15.2. The molecule has 0 aliphatic heterocycles. The van der Waals surface area contributed by atoms with E-state index in [0.29, 0.717) is 0 Å². The molecule has 0 heterocycles. The van der Waals surface area contributed by atoms with E-state index < -0.39 is 0 Å². The third kappa shape index (κ3) is 4.73. The normalized spacial score (nSPS) is 11.5. The summed E-state index contributed by atoms with van der Waals surface area (Å²) in [6, 6.07) is 0. The Morgan fingerprint density at radius 3 is 1.75 bits per heavy atom. The maximum atomic E-state index is 2.49. The Hall–Kier alpha value is -0.0800. The third-order valence-corrected chi connectivity index (χ3v) is 2.68. The number of quaternary nitrogens is 1. The minimum absolute atomic E-state index is 1.19. The average Bonchev–Trinajstić information content (AvgIpc) is 2.13. The zero-order valence-electron chi connectivity index (χ0n) is 9.19. The second kappa shape index (κ2) is 7.56. The van der Waals surface area contributed by atoms with Crippen molar-refractivity contribution >= 4 is 0 Å². The number of nitrogens with one attached hydrogen (secondary N) is 1. The molecule has 74 valence electrons. The Balaban J connectivity index is 3.49. The average molecular weight is 173 g/mol. The second-order valence-electron chi connectivity index (χ2n) is 3.23. The molecule has 0 unspecified atom stereocenters. The minimum atomic E-state index is 1.19. The van der Waals surface area contributed by atoms with Gasteiger partial charge >= 0.3 is 0 Å². The van der Waals surface area contributed by atoms with Crippen LogP contribution in [0.1, 0.15) is 27.7 Å². The van der Waals surface area contributed by atoms with Crippen molar-refractivity contribution in [1.29, 1.82) is 0 Å². The molecule has 0 spiro atoms. The molecule has 0 amide bonds. The first-order valence-electron chi connectivity index (χ1n) is 5.34. The van der Waals surface area contributed by atoms with Gasteiger partial charge in [0.25, 0.3) is 0 Å². The third-order valence-electron chi connectivity index (χ3n) is 2.68. The monoisotopic (exact) mass is 173 g/mol. The molecular formula is C10H25N2+. The molecule has 0 aromatic heterocycles. The van der Waals surface area contributed by atoms with Crippen molar-refractivity contribution in [3.05, 3.63) is 0 Å². The smallest absolute Gasteiger partial charge is 0.0900 e. The van der Waals surface area contributed by atoms with E-state index in [-0.39, 0.29) is 0 Å². The molecule has 2 nitrogen and oxygen atoms in total. The van der Waals surface area contributed by atoms with Crippen LogP contribution in [0.15, 0.2) is 0 Å². The largest absolute Gasteiger partial charge is 0.334 e. The van der Waals surface area contributed by atoms with E-state index in [9.17, 15) is 0 Å². The minimum Gasteiger partial charge on any atom is -0.334 e. The topological polar surface area (TPSA) is 7.68 Å². The molecule has 0 aliphatic rings. The summed E-state index contributed by atoms with van der Waals surface area (Å²) < 4.78 is 0. The van der Waals surface area contributed by atoms with Gasteiger partial charge in [0.05, 0.1) is 19.6 Å². The van der Waals surface area contributed by atoms with Crippen molar-refractivity contribution in [3.8, 4) is 0 Å². The lowest BCUT2D eigenvalue weighted by Gasteiger charge is -2.21. The van der Waals surface area contributed by atoms with Gasteiger partial charge in [0.15, 0.2) is 0 Å². The first kappa shape index (κ1) is 11.9. The van der Waals surface area contributed by atoms with Gasteiger partial charge in [-0.05, 0) is 26.9 Å².